The number of aryl methyl sites for hydroxylation is 1. The van der Waals surface area contributed by atoms with Gasteiger partial charge in [-0.05, 0) is 24.3 Å². The van der Waals surface area contributed by atoms with Crippen molar-refractivity contribution in [3.8, 4) is 16.9 Å². The number of para-hydroxylation sites is 2. The van der Waals surface area contributed by atoms with Gasteiger partial charge in [-0.2, -0.15) is 10.2 Å². The molecule has 0 atom stereocenters. The average molecular weight is 410 g/mol. The van der Waals surface area contributed by atoms with Crippen LogP contribution >= 0.6 is 11.3 Å². The van der Waals surface area contributed by atoms with Crippen molar-refractivity contribution in [2.75, 3.05) is 0 Å². The van der Waals surface area contributed by atoms with Crippen molar-refractivity contribution >= 4 is 27.8 Å². The van der Waals surface area contributed by atoms with E-state index in [4.69, 9.17) is 5.10 Å². The maximum Gasteiger partial charge on any atom is 0.211 e. The molecule has 0 unspecified atom stereocenters. The lowest BCUT2D eigenvalue weighted by Gasteiger charge is -2.00. The van der Waals surface area contributed by atoms with Crippen LogP contribution in [0.2, 0.25) is 0 Å². The molecular formula is C24H19N5S. The van der Waals surface area contributed by atoms with Crippen LogP contribution in [0.5, 0.6) is 0 Å². The molecule has 2 aromatic heterocycles. The molecule has 0 spiro atoms. The highest BCUT2D eigenvalue weighted by Crippen LogP contribution is 2.22. The normalized spacial score (nSPS) is 12.2. The summed E-state index contributed by atoms with van der Waals surface area (Å²) in [4.78, 5) is 0.851. The number of aromatic nitrogens is 3. The summed E-state index contributed by atoms with van der Waals surface area (Å²) in [6, 6.07) is 28.5. The molecule has 0 aliphatic rings. The summed E-state index contributed by atoms with van der Waals surface area (Å²) in [5, 5.41) is 13.7. The smallest absolute Gasteiger partial charge is 0.211 e. The number of thiazole rings is 1. The minimum atomic E-state index is 0.851. The summed E-state index contributed by atoms with van der Waals surface area (Å²) in [5.41, 5.74) is 4.98. The van der Waals surface area contributed by atoms with Crippen molar-refractivity contribution in [1.82, 2.24) is 14.3 Å². The maximum absolute atomic E-state index is 4.81. The zero-order valence-electron chi connectivity index (χ0n) is 16.4. The van der Waals surface area contributed by atoms with E-state index in [-0.39, 0.29) is 0 Å². The van der Waals surface area contributed by atoms with Crippen molar-refractivity contribution < 1.29 is 0 Å². The zero-order valence-corrected chi connectivity index (χ0v) is 17.2. The maximum atomic E-state index is 4.81. The average Bonchev–Trinajstić information content (AvgIpc) is 3.37. The molecule has 0 N–H and O–H groups in total. The monoisotopic (exact) mass is 409 g/mol. The van der Waals surface area contributed by atoms with Crippen molar-refractivity contribution in [1.29, 1.82) is 0 Å². The fourth-order valence-electron chi connectivity index (χ4n) is 3.33. The van der Waals surface area contributed by atoms with Crippen LogP contribution in [0.15, 0.2) is 101 Å². The van der Waals surface area contributed by atoms with Crippen LogP contribution < -0.4 is 4.80 Å². The van der Waals surface area contributed by atoms with Gasteiger partial charge >= 0.3 is 0 Å². The van der Waals surface area contributed by atoms with Crippen molar-refractivity contribution in [3.63, 3.8) is 0 Å². The van der Waals surface area contributed by atoms with Crippen LogP contribution in [-0.2, 0) is 7.05 Å². The van der Waals surface area contributed by atoms with Gasteiger partial charge in [-0.15, -0.1) is 5.10 Å². The van der Waals surface area contributed by atoms with Crippen LogP contribution in [0.3, 0.4) is 0 Å². The molecule has 0 radical (unpaired) electrons. The van der Waals surface area contributed by atoms with Gasteiger partial charge in [0.1, 0.15) is 5.69 Å². The van der Waals surface area contributed by atoms with E-state index in [1.165, 1.54) is 4.70 Å². The Morgan fingerprint density at radius 3 is 2.33 bits per heavy atom. The van der Waals surface area contributed by atoms with Gasteiger partial charge in [0.05, 0.1) is 22.1 Å². The summed E-state index contributed by atoms with van der Waals surface area (Å²) >= 11 is 1.62. The van der Waals surface area contributed by atoms with Crippen molar-refractivity contribution in [2.45, 2.75) is 0 Å². The van der Waals surface area contributed by atoms with E-state index in [0.29, 0.717) is 0 Å². The first kappa shape index (κ1) is 18.3. The van der Waals surface area contributed by atoms with Crippen LogP contribution in [0.25, 0.3) is 27.2 Å². The van der Waals surface area contributed by atoms with E-state index in [1.54, 1.807) is 17.6 Å². The van der Waals surface area contributed by atoms with E-state index in [1.807, 2.05) is 78.6 Å². The molecule has 146 valence electrons. The number of nitrogens with zero attached hydrogens (tertiary/aromatic N) is 5. The third-order valence-electron chi connectivity index (χ3n) is 4.87. The Labute approximate surface area is 177 Å². The van der Waals surface area contributed by atoms with Gasteiger partial charge in [-0.25, -0.2) is 4.68 Å². The largest absolute Gasteiger partial charge is 0.318 e. The standard InChI is InChI=1S/C24H19N5S/c1-28-21-14-8-9-15-22(21)30-24(28)26-25-16-19-17-29(20-12-6-3-7-13-20)27-23(19)18-10-4-2-5-11-18/h2-17H,1H3/b25-16+,26-24-. The minimum Gasteiger partial charge on any atom is -0.318 e. The Hall–Kier alpha value is -3.77. The highest BCUT2D eigenvalue weighted by Gasteiger charge is 2.10. The Bertz CT molecular complexity index is 1390. The van der Waals surface area contributed by atoms with Crippen LogP contribution in [0.1, 0.15) is 5.56 Å². The summed E-state index contributed by atoms with van der Waals surface area (Å²) in [6.45, 7) is 0. The van der Waals surface area contributed by atoms with Crippen molar-refractivity contribution in [3.05, 3.63) is 101 Å². The van der Waals surface area contributed by atoms with Gasteiger partial charge < -0.3 is 4.57 Å². The third-order valence-corrected chi connectivity index (χ3v) is 5.97. The highest BCUT2D eigenvalue weighted by molar-refractivity contribution is 7.16. The van der Waals surface area contributed by atoms with E-state index in [0.717, 1.165) is 32.8 Å². The molecule has 3 aromatic carbocycles. The fraction of sp³-hybridized carbons (Fsp3) is 0.0417. The second-order valence-electron chi connectivity index (χ2n) is 6.84. The molecule has 0 fully saturated rings. The summed E-state index contributed by atoms with van der Waals surface area (Å²) in [7, 11) is 2.01. The van der Waals surface area contributed by atoms with Crippen LogP contribution in [0, 0.1) is 0 Å². The Kier molecular flexibility index (Phi) is 4.83. The minimum absolute atomic E-state index is 0.851. The first-order valence-electron chi connectivity index (χ1n) is 9.62. The molecule has 0 amide bonds. The fourth-order valence-corrected chi connectivity index (χ4v) is 4.31. The summed E-state index contributed by atoms with van der Waals surface area (Å²) < 4.78 is 5.13. The molecule has 2 heterocycles. The van der Waals surface area contributed by atoms with Gasteiger partial charge in [0, 0.05) is 24.4 Å². The van der Waals surface area contributed by atoms with Gasteiger partial charge in [0.15, 0.2) is 0 Å². The SMILES string of the molecule is Cn1/c(=N/N=C/c2cn(-c3ccccc3)nc2-c2ccccc2)sc2ccccc21. The topological polar surface area (TPSA) is 47.5 Å². The predicted octanol–water partition coefficient (Wildman–Crippen LogP) is 5.03. The number of hydrogen-bond donors (Lipinski definition) is 0. The lowest BCUT2D eigenvalue weighted by molar-refractivity contribution is 0.884. The molecule has 5 aromatic rings. The Balaban J connectivity index is 1.57. The summed E-state index contributed by atoms with van der Waals surface area (Å²) in [5.74, 6) is 0. The zero-order chi connectivity index (χ0) is 20.3. The van der Waals surface area contributed by atoms with E-state index < -0.39 is 0 Å². The summed E-state index contributed by atoms with van der Waals surface area (Å²) in [6.07, 6.45) is 3.76. The number of hydrogen-bond acceptors (Lipinski definition) is 4. The van der Waals surface area contributed by atoms with E-state index in [2.05, 4.69) is 39.0 Å². The molecule has 0 saturated heterocycles. The molecule has 0 saturated carbocycles. The molecule has 6 heteroatoms. The Morgan fingerprint density at radius 1 is 0.867 bits per heavy atom. The highest BCUT2D eigenvalue weighted by atomic mass is 32.1. The van der Waals surface area contributed by atoms with Gasteiger partial charge in [-0.1, -0.05) is 72.0 Å². The van der Waals surface area contributed by atoms with Crippen LogP contribution in [-0.4, -0.2) is 20.6 Å². The first-order valence-corrected chi connectivity index (χ1v) is 10.4. The van der Waals surface area contributed by atoms with Crippen LogP contribution in [0.4, 0.5) is 0 Å². The second-order valence-corrected chi connectivity index (χ2v) is 7.84. The predicted molar refractivity (Wildman–Crippen MR) is 123 cm³/mol. The molecule has 30 heavy (non-hydrogen) atoms. The number of fused-ring (bicyclic) bond motifs is 1. The van der Waals surface area contributed by atoms with Crippen molar-refractivity contribution in [2.24, 2.45) is 17.3 Å². The lowest BCUT2D eigenvalue weighted by Crippen LogP contribution is -2.08. The van der Waals surface area contributed by atoms with Gasteiger partial charge in [-0.3, -0.25) is 0 Å². The quantitative estimate of drug-likeness (QED) is 0.303. The van der Waals surface area contributed by atoms with Gasteiger partial charge in [0.2, 0.25) is 4.80 Å². The molecule has 0 aliphatic heterocycles. The third kappa shape index (κ3) is 3.49. The van der Waals surface area contributed by atoms with E-state index >= 15 is 0 Å². The molecular weight excluding hydrogens is 390 g/mol. The van der Waals surface area contributed by atoms with E-state index in [9.17, 15) is 0 Å². The number of rotatable bonds is 4. The molecule has 5 rings (SSSR count). The number of benzene rings is 3. The molecule has 0 bridgehead atoms. The first-order chi connectivity index (χ1) is 14.8. The van der Waals surface area contributed by atoms with Gasteiger partial charge in [0.25, 0.3) is 0 Å². The molecule has 0 aliphatic carbocycles. The Morgan fingerprint density at radius 2 is 1.57 bits per heavy atom. The molecule has 5 nitrogen and oxygen atoms in total. The second kappa shape index (κ2) is 7.93. The lowest BCUT2D eigenvalue weighted by atomic mass is 10.1.